The maximum absolute atomic E-state index is 5.67. The molecule has 3 heteroatoms. The summed E-state index contributed by atoms with van der Waals surface area (Å²) in [5, 5.41) is 0. The van der Waals surface area contributed by atoms with E-state index >= 15 is 0 Å². The fraction of sp³-hybridized carbons (Fsp3) is 0.538. The van der Waals surface area contributed by atoms with Gasteiger partial charge < -0.3 is 4.42 Å². The summed E-state index contributed by atoms with van der Waals surface area (Å²) in [4.78, 5) is 8.89. The maximum atomic E-state index is 5.67. The van der Waals surface area contributed by atoms with E-state index in [4.69, 9.17) is 4.42 Å². The zero-order chi connectivity index (χ0) is 11.9. The van der Waals surface area contributed by atoms with Gasteiger partial charge in [0.05, 0.1) is 6.20 Å². The lowest BCUT2D eigenvalue weighted by Gasteiger charge is -2.15. The second-order valence-electron chi connectivity index (χ2n) is 5.50. The van der Waals surface area contributed by atoms with Crippen LogP contribution < -0.4 is 0 Å². The molecule has 0 saturated heterocycles. The van der Waals surface area contributed by atoms with Crippen molar-refractivity contribution in [3.05, 3.63) is 23.8 Å². The summed E-state index contributed by atoms with van der Waals surface area (Å²) in [6.45, 7) is 10.5. The lowest BCUT2D eigenvalue weighted by Crippen LogP contribution is -2.15. The Kier molecular flexibility index (Phi) is 2.49. The van der Waals surface area contributed by atoms with E-state index in [1.54, 1.807) is 6.20 Å². The third-order valence-corrected chi connectivity index (χ3v) is 2.53. The molecule has 86 valence electrons. The van der Waals surface area contributed by atoms with Crippen LogP contribution in [0.1, 0.15) is 52.1 Å². The molecule has 16 heavy (non-hydrogen) atoms. The van der Waals surface area contributed by atoms with Crippen molar-refractivity contribution in [2.75, 3.05) is 0 Å². The van der Waals surface area contributed by atoms with Crippen LogP contribution in [0.4, 0.5) is 0 Å². The van der Waals surface area contributed by atoms with E-state index in [1.807, 2.05) is 6.07 Å². The van der Waals surface area contributed by atoms with Gasteiger partial charge in [-0.3, -0.25) is 0 Å². The van der Waals surface area contributed by atoms with Crippen molar-refractivity contribution in [1.82, 2.24) is 9.97 Å². The van der Waals surface area contributed by atoms with Crippen LogP contribution in [0.25, 0.3) is 11.1 Å². The number of fused-ring (bicyclic) bond motifs is 1. The van der Waals surface area contributed by atoms with Gasteiger partial charge in [-0.15, -0.1) is 0 Å². The highest BCUT2D eigenvalue weighted by Gasteiger charge is 2.18. The number of furan rings is 1. The van der Waals surface area contributed by atoms with Crippen molar-refractivity contribution in [3.63, 3.8) is 0 Å². The van der Waals surface area contributed by atoms with Crippen LogP contribution in [0.5, 0.6) is 0 Å². The molecule has 0 amide bonds. The molecule has 0 atom stereocenters. The Morgan fingerprint density at radius 2 is 1.94 bits per heavy atom. The second-order valence-corrected chi connectivity index (χ2v) is 5.50. The molecule has 2 heterocycles. The second kappa shape index (κ2) is 3.58. The highest BCUT2D eigenvalue weighted by molar-refractivity contribution is 5.72. The predicted molar refractivity (Wildman–Crippen MR) is 64.6 cm³/mol. The first-order valence-electron chi connectivity index (χ1n) is 5.65. The standard InChI is InChI=1S/C13H18N2O/c1-8(2)10-6-9-11(16-10)7-14-12(15-9)13(3,4)5/h6-8H,1-5H3. The van der Waals surface area contributed by atoms with Crippen LogP contribution in [0.2, 0.25) is 0 Å². The SMILES string of the molecule is CC(C)c1cc2nc(C(C)(C)C)ncc2o1. The van der Waals surface area contributed by atoms with E-state index in [0.717, 1.165) is 22.7 Å². The summed E-state index contributed by atoms with van der Waals surface area (Å²) in [6.07, 6.45) is 1.77. The summed E-state index contributed by atoms with van der Waals surface area (Å²) in [5.41, 5.74) is 1.66. The quantitative estimate of drug-likeness (QED) is 0.733. The lowest BCUT2D eigenvalue weighted by atomic mass is 9.96. The number of hydrogen-bond acceptors (Lipinski definition) is 3. The van der Waals surface area contributed by atoms with Crippen molar-refractivity contribution >= 4 is 11.1 Å². The van der Waals surface area contributed by atoms with Gasteiger partial charge in [0.15, 0.2) is 5.58 Å². The molecule has 0 radical (unpaired) electrons. The highest BCUT2D eigenvalue weighted by Crippen LogP contribution is 2.25. The first-order valence-corrected chi connectivity index (χ1v) is 5.65. The predicted octanol–water partition coefficient (Wildman–Crippen LogP) is 3.64. The van der Waals surface area contributed by atoms with Gasteiger partial charge in [-0.25, -0.2) is 9.97 Å². The van der Waals surface area contributed by atoms with Crippen LogP contribution in [0.3, 0.4) is 0 Å². The van der Waals surface area contributed by atoms with Gasteiger partial charge in [0.25, 0.3) is 0 Å². The summed E-state index contributed by atoms with van der Waals surface area (Å²) in [5.74, 6) is 2.21. The summed E-state index contributed by atoms with van der Waals surface area (Å²) >= 11 is 0. The molecule has 0 fully saturated rings. The van der Waals surface area contributed by atoms with Crippen LogP contribution in [-0.2, 0) is 5.41 Å². The van der Waals surface area contributed by atoms with Gasteiger partial charge in [0.1, 0.15) is 17.1 Å². The Hall–Kier alpha value is -1.38. The van der Waals surface area contributed by atoms with Gasteiger partial charge in [-0.1, -0.05) is 34.6 Å². The normalized spacial score (nSPS) is 12.6. The minimum absolute atomic E-state index is 0.0244. The minimum Gasteiger partial charge on any atom is -0.457 e. The van der Waals surface area contributed by atoms with E-state index in [9.17, 15) is 0 Å². The minimum atomic E-state index is -0.0244. The average molecular weight is 218 g/mol. The zero-order valence-electron chi connectivity index (χ0n) is 10.5. The van der Waals surface area contributed by atoms with Gasteiger partial charge in [-0.2, -0.15) is 0 Å². The molecule has 0 N–H and O–H groups in total. The molecule has 2 aromatic rings. The first-order chi connectivity index (χ1) is 7.38. The molecular weight excluding hydrogens is 200 g/mol. The third kappa shape index (κ3) is 1.94. The largest absolute Gasteiger partial charge is 0.457 e. The molecule has 0 saturated carbocycles. The zero-order valence-corrected chi connectivity index (χ0v) is 10.5. The molecule has 0 unspecified atom stereocenters. The number of hydrogen-bond donors (Lipinski definition) is 0. The first kappa shape index (κ1) is 11.1. The van der Waals surface area contributed by atoms with E-state index in [2.05, 4.69) is 44.6 Å². The van der Waals surface area contributed by atoms with Crippen LogP contribution >= 0.6 is 0 Å². The Bertz CT molecular complexity index is 506. The molecule has 0 aliphatic carbocycles. The molecular formula is C13H18N2O. The molecule has 0 aliphatic heterocycles. The van der Waals surface area contributed by atoms with Crippen LogP contribution in [0, 0.1) is 0 Å². The molecule has 0 bridgehead atoms. The monoisotopic (exact) mass is 218 g/mol. The van der Waals surface area contributed by atoms with Gasteiger partial charge in [0.2, 0.25) is 0 Å². The summed E-state index contributed by atoms with van der Waals surface area (Å²) in [6, 6.07) is 2.01. The lowest BCUT2D eigenvalue weighted by molar-refractivity contribution is 0.517. The van der Waals surface area contributed by atoms with Crippen LogP contribution in [-0.4, -0.2) is 9.97 Å². The molecule has 3 nitrogen and oxygen atoms in total. The molecule has 0 spiro atoms. The Balaban J connectivity index is 2.54. The number of nitrogens with zero attached hydrogens (tertiary/aromatic N) is 2. The van der Waals surface area contributed by atoms with Crippen molar-refractivity contribution in [2.45, 2.75) is 46.0 Å². The molecule has 0 aromatic carbocycles. The van der Waals surface area contributed by atoms with Crippen molar-refractivity contribution in [1.29, 1.82) is 0 Å². The molecule has 0 aliphatic rings. The molecule has 2 rings (SSSR count). The van der Waals surface area contributed by atoms with Gasteiger partial charge in [-0.05, 0) is 0 Å². The van der Waals surface area contributed by atoms with Crippen molar-refractivity contribution < 1.29 is 4.42 Å². The Labute approximate surface area is 95.9 Å². The summed E-state index contributed by atoms with van der Waals surface area (Å²) in [7, 11) is 0. The van der Waals surface area contributed by atoms with Gasteiger partial charge in [0, 0.05) is 17.4 Å². The third-order valence-electron chi connectivity index (χ3n) is 2.53. The van der Waals surface area contributed by atoms with Crippen molar-refractivity contribution in [3.8, 4) is 0 Å². The topological polar surface area (TPSA) is 38.9 Å². The van der Waals surface area contributed by atoms with E-state index in [-0.39, 0.29) is 5.41 Å². The Morgan fingerprint density at radius 1 is 1.25 bits per heavy atom. The van der Waals surface area contributed by atoms with Crippen LogP contribution in [0.15, 0.2) is 16.7 Å². The smallest absolute Gasteiger partial charge is 0.171 e. The maximum Gasteiger partial charge on any atom is 0.171 e. The van der Waals surface area contributed by atoms with E-state index < -0.39 is 0 Å². The number of aromatic nitrogens is 2. The fourth-order valence-electron chi connectivity index (χ4n) is 1.50. The molecule has 2 aromatic heterocycles. The van der Waals surface area contributed by atoms with Gasteiger partial charge >= 0.3 is 0 Å². The average Bonchev–Trinajstić information content (AvgIpc) is 2.58. The van der Waals surface area contributed by atoms with E-state index in [1.165, 1.54) is 0 Å². The van der Waals surface area contributed by atoms with E-state index in [0.29, 0.717) is 5.92 Å². The van der Waals surface area contributed by atoms with Crippen molar-refractivity contribution in [2.24, 2.45) is 0 Å². The number of rotatable bonds is 1. The summed E-state index contributed by atoms with van der Waals surface area (Å²) < 4.78 is 5.67. The Morgan fingerprint density at radius 3 is 2.50 bits per heavy atom. The fourth-order valence-corrected chi connectivity index (χ4v) is 1.50. The highest BCUT2D eigenvalue weighted by atomic mass is 16.3.